The van der Waals surface area contributed by atoms with Gasteiger partial charge >= 0.3 is 0 Å². The average Bonchev–Trinajstić information content (AvgIpc) is 3.45. The van der Waals surface area contributed by atoms with E-state index >= 15 is 0 Å². The summed E-state index contributed by atoms with van der Waals surface area (Å²) < 4.78 is 11.3. The molecule has 11 nitrogen and oxygen atoms in total. The Bertz CT molecular complexity index is 1320. The van der Waals surface area contributed by atoms with E-state index in [0.29, 0.717) is 17.0 Å². The minimum absolute atomic E-state index is 0.00398. The lowest BCUT2D eigenvalue weighted by Gasteiger charge is -2.07. The highest BCUT2D eigenvalue weighted by molar-refractivity contribution is 5.99. The van der Waals surface area contributed by atoms with Crippen LogP contribution in [-0.4, -0.2) is 44.5 Å². The fourth-order valence-electron chi connectivity index (χ4n) is 3.05. The van der Waals surface area contributed by atoms with Crippen molar-refractivity contribution in [3.8, 4) is 22.8 Å². The molecule has 3 N–H and O–H groups in total. The van der Waals surface area contributed by atoms with Crippen molar-refractivity contribution in [3.05, 3.63) is 71.4 Å². The third-order valence-corrected chi connectivity index (χ3v) is 4.55. The number of nitrogens with one attached hydrogen (secondary N) is 1. The molecule has 0 fully saturated rings. The Morgan fingerprint density at radius 3 is 2.73 bits per heavy atom. The molecule has 0 bridgehead atoms. The first-order valence-electron chi connectivity index (χ1n) is 9.82. The topological polar surface area (TPSA) is 146 Å². The number of hydrogen-bond donors (Lipinski definition) is 2. The third kappa shape index (κ3) is 4.77. The number of ether oxygens (including phenoxy) is 1. The van der Waals surface area contributed by atoms with Gasteiger partial charge in [-0.1, -0.05) is 53.8 Å². The molecule has 0 aliphatic heterocycles. The van der Waals surface area contributed by atoms with Crippen molar-refractivity contribution >= 4 is 24.0 Å². The van der Waals surface area contributed by atoms with E-state index in [1.165, 1.54) is 4.68 Å². The number of allylic oxidation sites excluding steroid dienone is 1. The van der Waals surface area contributed by atoms with Crippen molar-refractivity contribution in [2.45, 2.75) is 6.92 Å². The minimum Gasteiger partial charge on any atom is -0.497 e. The zero-order valence-electron chi connectivity index (χ0n) is 17.8. The van der Waals surface area contributed by atoms with Gasteiger partial charge in [-0.25, -0.2) is 10.1 Å². The molecule has 33 heavy (non-hydrogen) atoms. The third-order valence-electron chi connectivity index (χ3n) is 4.55. The van der Waals surface area contributed by atoms with Crippen LogP contribution in [0.4, 0.5) is 5.82 Å². The maximum atomic E-state index is 12.9. The lowest BCUT2D eigenvalue weighted by atomic mass is 10.1. The first kappa shape index (κ1) is 21.4. The van der Waals surface area contributed by atoms with Crippen LogP contribution in [0.5, 0.6) is 5.75 Å². The first-order valence-corrected chi connectivity index (χ1v) is 9.82. The smallest absolute Gasteiger partial charge is 0.294 e. The van der Waals surface area contributed by atoms with Gasteiger partial charge in [0.15, 0.2) is 5.69 Å². The number of nitrogens with zero attached hydrogens (tertiary/aromatic N) is 6. The molecule has 1 amide bonds. The molecule has 0 atom stereocenters. The summed E-state index contributed by atoms with van der Waals surface area (Å²) >= 11 is 0. The molecule has 0 unspecified atom stereocenters. The summed E-state index contributed by atoms with van der Waals surface area (Å²) in [5.41, 5.74) is 11.1. The zero-order valence-corrected chi connectivity index (χ0v) is 17.8. The normalized spacial score (nSPS) is 11.6. The van der Waals surface area contributed by atoms with Crippen LogP contribution in [0.3, 0.4) is 0 Å². The van der Waals surface area contributed by atoms with Gasteiger partial charge in [0.1, 0.15) is 11.4 Å². The molecule has 0 saturated heterocycles. The SMILES string of the molecule is COc1cccc(-c2c(C(=O)N/N=C\C(C)=C\c3ccccc3)nnn2-c2nonc2N)c1. The van der Waals surface area contributed by atoms with Gasteiger partial charge in [0.2, 0.25) is 11.6 Å². The highest BCUT2D eigenvalue weighted by atomic mass is 16.6. The quantitative estimate of drug-likeness (QED) is 0.327. The number of carbonyl (C=O) groups excluding carboxylic acids is 1. The molecule has 166 valence electrons. The Balaban J connectivity index is 1.64. The molecular weight excluding hydrogens is 424 g/mol. The molecule has 0 radical (unpaired) electrons. The fraction of sp³-hybridized carbons (Fsp3) is 0.0909. The Labute approximate surface area is 188 Å². The second-order valence-electron chi connectivity index (χ2n) is 6.90. The number of hydrazone groups is 1. The van der Waals surface area contributed by atoms with Crippen molar-refractivity contribution in [3.63, 3.8) is 0 Å². The minimum atomic E-state index is -0.571. The predicted octanol–water partition coefficient (Wildman–Crippen LogP) is 2.73. The summed E-state index contributed by atoms with van der Waals surface area (Å²) in [7, 11) is 1.54. The van der Waals surface area contributed by atoms with E-state index in [1.54, 1.807) is 37.6 Å². The van der Waals surface area contributed by atoms with Crippen molar-refractivity contribution in [1.29, 1.82) is 0 Å². The van der Waals surface area contributed by atoms with E-state index in [2.05, 4.69) is 35.8 Å². The van der Waals surface area contributed by atoms with Crippen LogP contribution in [-0.2, 0) is 0 Å². The van der Waals surface area contributed by atoms with Crippen LogP contribution in [0.1, 0.15) is 23.0 Å². The largest absolute Gasteiger partial charge is 0.497 e. The van der Waals surface area contributed by atoms with Gasteiger partial charge in [-0.2, -0.15) is 9.78 Å². The molecule has 0 aliphatic carbocycles. The number of amides is 1. The molecule has 2 aromatic heterocycles. The summed E-state index contributed by atoms with van der Waals surface area (Å²) in [6.45, 7) is 1.88. The summed E-state index contributed by atoms with van der Waals surface area (Å²) in [6.07, 6.45) is 3.48. The maximum absolute atomic E-state index is 12.9. The molecule has 11 heteroatoms. The molecule has 4 aromatic rings. The Kier molecular flexibility index (Phi) is 6.21. The predicted molar refractivity (Wildman–Crippen MR) is 122 cm³/mol. The highest BCUT2D eigenvalue weighted by Gasteiger charge is 2.25. The number of nitrogens with two attached hydrogens (primary N) is 1. The van der Waals surface area contributed by atoms with Crippen LogP contribution in [0.2, 0.25) is 0 Å². The monoisotopic (exact) mass is 444 g/mol. The Hall–Kier alpha value is -4.80. The van der Waals surface area contributed by atoms with Gasteiger partial charge in [-0.3, -0.25) is 4.79 Å². The zero-order chi connectivity index (χ0) is 23.2. The molecule has 2 heterocycles. The number of anilines is 1. The summed E-state index contributed by atoms with van der Waals surface area (Å²) in [6, 6.07) is 16.8. The van der Waals surface area contributed by atoms with Crippen LogP contribution in [0, 0.1) is 0 Å². The number of methoxy groups -OCH3 is 1. The van der Waals surface area contributed by atoms with Gasteiger partial charge in [-0.15, -0.1) is 5.10 Å². The number of aromatic nitrogens is 5. The summed E-state index contributed by atoms with van der Waals surface area (Å²) in [5, 5.41) is 19.4. The lowest BCUT2D eigenvalue weighted by molar-refractivity contribution is 0.0950. The number of hydrogen-bond acceptors (Lipinski definition) is 9. The fourth-order valence-corrected chi connectivity index (χ4v) is 3.05. The van der Waals surface area contributed by atoms with Gasteiger partial charge in [0.25, 0.3) is 5.91 Å². The highest BCUT2D eigenvalue weighted by Crippen LogP contribution is 2.28. The van der Waals surface area contributed by atoms with Crippen molar-refractivity contribution in [1.82, 2.24) is 30.7 Å². The van der Waals surface area contributed by atoms with E-state index in [0.717, 1.165) is 11.1 Å². The standard InChI is InChI=1S/C22H20N8O3/c1-14(11-15-7-4-3-5-8-15)13-24-26-22(31)18-19(16-9-6-10-17(12-16)32-2)30(29-25-18)21-20(23)27-33-28-21/h3-13H,1-2H3,(H2,23,27)(H,26,31)/b14-11+,24-13-. The second kappa shape index (κ2) is 9.56. The molecule has 2 aromatic carbocycles. The van der Waals surface area contributed by atoms with Gasteiger partial charge in [-0.05, 0) is 40.5 Å². The average molecular weight is 444 g/mol. The van der Waals surface area contributed by atoms with E-state index in [1.807, 2.05) is 43.3 Å². The van der Waals surface area contributed by atoms with E-state index in [9.17, 15) is 4.79 Å². The van der Waals surface area contributed by atoms with Crippen LogP contribution in [0.15, 0.2) is 69.9 Å². The molecule has 0 aliphatic rings. The van der Waals surface area contributed by atoms with Crippen LogP contribution >= 0.6 is 0 Å². The van der Waals surface area contributed by atoms with Gasteiger partial charge in [0.05, 0.1) is 13.3 Å². The molecule has 0 saturated carbocycles. The maximum Gasteiger partial charge on any atom is 0.294 e. The van der Waals surface area contributed by atoms with E-state index < -0.39 is 5.91 Å². The number of benzene rings is 2. The Morgan fingerprint density at radius 1 is 1.18 bits per heavy atom. The summed E-state index contributed by atoms with van der Waals surface area (Å²) in [4.78, 5) is 12.9. The number of carbonyl (C=O) groups is 1. The molecule has 4 rings (SSSR count). The van der Waals surface area contributed by atoms with Crippen LogP contribution < -0.4 is 15.9 Å². The molecular formula is C22H20N8O3. The molecule has 0 spiro atoms. The van der Waals surface area contributed by atoms with Crippen molar-refractivity contribution in [2.24, 2.45) is 5.10 Å². The van der Waals surface area contributed by atoms with Crippen molar-refractivity contribution < 1.29 is 14.2 Å². The summed E-state index contributed by atoms with van der Waals surface area (Å²) in [5.74, 6) is 0.107. The van der Waals surface area contributed by atoms with Gasteiger partial charge < -0.3 is 10.5 Å². The second-order valence-corrected chi connectivity index (χ2v) is 6.90. The first-order chi connectivity index (χ1) is 16.1. The van der Waals surface area contributed by atoms with E-state index in [-0.39, 0.29) is 17.3 Å². The Morgan fingerprint density at radius 2 is 2.00 bits per heavy atom. The van der Waals surface area contributed by atoms with E-state index in [4.69, 9.17) is 10.5 Å². The van der Waals surface area contributed by atoms with Gasteiger partial charge in [0, 0.05) is 5.56 Å². The number of nitrogen functional groups attached to an aromatic ring is 1. The lowest BCUT2D eigenvalue weighted by Crippen LogP contribution is -2.19. The van der Waals surface area contributed by atoms with Crippen LogP contribution in [0.25, 0.3) is 23.2 Å². The number of rotatable bonds is 7. The van der Waals surface area contributed by atoms with Crippen molar-refractivity contribution in [2.75, 3.05) is 12.8 Å².